The third-order valence-electron chi connectivity index (χ3n) is 2.93. The molecule has 0 aliphatic rings. The minimum atomic E-state index is 0.344. The molecule has 15 heavy (non-hydrogen) atoms. The van der Waals surface area contributed by atoms with Crippen molar-refractivity contribution in [2.24, 2.45) is 7.05 Å². The topological polar surface area (TPSA) is 17.0 Å². The number of halogens is 1. The fourth-order valence-electron chi connectivity index (χ4n) is 1.98. The van der Waals surface area contributed by atoms with E-state index in [9.17, 15) is 0 Å². The number of para-hydroxylation sites is 1. The largest absolute Gasteiger partial charge is 0.345 e. The molecule has 0 aliphatic carbocycles. The minimum Gasteiger partial charge on any atom is -0.345 e. The second-order valence-electron chi connectivity index (χ2n) is 3.79. The van der Waals surface area contributed by atoms with Crippen LogP contribution in [-0.2, 0) is 7.05 Å². The summed E-state index contributed by atoms with van der Waals surface area (Å²) in [5.74, 6) is 0. The second-order valence-corrected chi connectivity index (χ2v) is 4.58. The van der Waals surface area contributed by atoms with Gasteiger partial charge in [0.25, 0.3) is 0 Å². The SMILES string of the molecule is CNC(C)c1c(Br)c2ccccc2n1C. The lowest BCUT2D eigenvalue weighted by molar-refractivity contribution is 0.607. The lowest BCUT2D eigenvalue weighted by Gasteiger charge is -2.12. The fraction of sp³-hybridized carbons (Fsp3) is 0.333. The zero-order valence-corrected chi connectivity index (χ0v) is 10.8. The first-order chi connectivity index (χ1) is 7.16. The van der Waals surface area contributed by atoms with Gasteiger partial charge in [-0.1, -0.05) is 18.2 Å². The highest BCUT2D eigenvalue weighted by Crippen LogP contribution is 2.33. The average molecular weight is 267 g/mol. The molecule has 0 aliphatic heterocycles. The van der Waals surface area contributed by atoms with Crippen LogP contribution in [0.25, 0.3) is 10.9 Å². The van der Waals surface area contributed by atoms with E-state index in [-0.39, 0.29) is 0 Å². The molecule has 0 radical (unpaired) electrons. The molecule has 1 heterocycles. The second kappa shape index (κ2) is 3.99. The van der Waals surface area contributed by atoms with Crippen LogP contribution in [0.5, 0.6) is 0 Å². The van der Waals surface area contributed by atoms with Crippen molar-refractivity contribution < 1.29 is 0 Å². The molecule has 80 valence electrons. The first-order valence-corrected chi connectivity index (χ1v) is 5.86. The van der Waals surface area contributed by atoms with Gasteiger partial charge < -0.3 is 9.88 Å². The Labute approximate surface area is 98.4 Å². The molecule has 1 unspecified atom stereocenters. The summed E-state index contributed by atoms with van der Waals surface area (Å²) >= 11 is 3.68. The molecular weight excluding hydrogens is 252 g/mol. The van der Waals surface area contributed by atoms with Crippen molar-refractivity contribution in [3.63, 3.8) is 0 Å². The Morgan fingerprint density at radius 2 is 2.00 bits per heavy atom. The summed E-state index contributed by atoms with van der Waals surface area (Å²) in [4.78, 5) is 0. The number of aryl methyl sites for hydroxylation is 1. The molecule has 0 fully saturated rings. The van der Waals surface area contributed by atoms with Crippen LogP contribution in [0.1, 0.15) is 18.7 Å². The van der Waals surface area contributed by atoms with Gasteiger partial charge >= 0.3 is 0 Å². The highest BCUT2D eigenvalue weighted by atomic mass is 79.9. The van der Waals surface area contributed by atoms with Crippen molar-refractivity contribution in [2.75, 3.05) is 7.05 Å². The fourth-order valence-corrected chi connectivity index (χ4v) is 2.93. The van der Waals surface area contributed by atoms with Gasteiger partial charge in [-0.2, -0.15) is 0 Å². The summed E-state index contributed by atoms with van der Waals surface area (Å²) < 4.78 is 3.43. The predicted molar refractivity (Wildman–Crippen MR) is 68.1 cm³/mol. The van der Waals surface area contributed by atoms with E-state index in [1.807, 2.05) is 7.05 Å². The summed E-state index contributed by atoms with van der Waals surface area (Å²) in [6.45, 7) is 2.17. The van der Waals surface area contributed by atoms with Crippen molar-refractivity contribution in [2.45, 2.75) is 13.0 Å². The molecule has 1 N–H and O–H groups in total. The van der Waals surface area contributed by atoms with Crippen LogP contribution < -0.4 is 5.32 Å². The molecule has 2 rings (SSSR count). The van der Waals surface area contributed by atoms with Gasteiger partial charge in [0, 0.05) is 34.2 Å². The van der Waals surface area contributed by atoms with Crippen molar-refractivity contribution in [3.05, 3.63) is 34.4 Å². The lowest BCUT2D eigenvalue weighted by Crippen LogP contribution is -2.15. The molecule has 2 aromatic rings. The number of hydrogen-bond donors (Lipinski definition) is 1. The van der Waals surface area contributed by atoms with Crippen LogP contribution in [0.2, 0.25) is 0 Å². The van der Waals surface area contributed by atoms with E-state index >= 15 is 0 Å². The standard InChI is InChI=1S/C12H15BrN2/c1-8(14-2)12-11(13)9-6-4-5-7-10(9)15(12)3/h4-8,14H,1-3H3. The smallest absolute Gasteiger partial charge is 0.0496 e. The first kappa shape index (κ1) is 10.7. The van der Waals surface area contributed by atoms with Crippen molar-refractivity contribution in [3.8, 4) is 0 Å². The quantitative estimate of drug-likeness (QED) is 0.884. The summed E-state index contributed by atoms with van der Waals surface area (Å²) in [7, 11) is 4.09. The highest BCUT2D eigenvalue weighted by Gasteiger charge is 2.16. The third-order valence-corrected chi connectivity index (χ3v) is 3.76. The van der Waals surface area contributed by atoms with Gasteiger partial charge in [-0.15, -0.1) is 0 Å². The molecule has 0 saturated carbocycles. The van der Waals surface area contributed by atoms with Crippen LogP contribution in [0.15, 0.2) is 28.7 Å². The zero-order chi connectivity index (χ0) is 11.0. The Kier molecular flexibility index (Phi) is 2.85. The molecule has 0 saturated heterocycles. The normalized spacial score (nSPS) is 13.3. The van der Waals surface area contributed by atoms with Crippen LogP contribution in [0.4, 0.5) is 0 Å². The maximum atomic E-state index is 3.68. The molecular formula is C12H15BrN2. The highest BCUT2D eigenvalue weighted by molar-refractivity contribution is 9.10. The number of fused-ring (bicyclic) bond motifs is 1. The number of rotatable bonds is 2. The average Bonchev–Trinajstić information content (AvgIpc) is 2.52. The van der Waals surface area contributed by atoms with E-state index in [2.05, 4.69) is 64.1 Å². The number of aromatic nitrogens is 1. The summed E-state index contributed by atoms with van der Waals surface area (Å²) in [5.41, 5.74) is 2.56. The van der Waals surface area contributed by atoms with Gasteiger partial charge in [-0.3, -0.25) is 0 Å². The van der Waals surface area contributed by atoms with E-state index in [1.54, 1.807) is 0 Å². The van der Waals surface area contributed by atoms with Crippen molar-refractivity contribution >= 4 is 26.8 Å². The Bertz CT molecular complexity index is 449. The summed E-state index contributed by atoms with van der Waals surface area (Å²) in [6, 6.07) is 8.78. The predicted octanol–water partition coefficient (Wildman–Crippen LogP) is 3.22. The van der Waals surface area contributed by atoms with Gasteiger partial charge in [-0.05, 0) is 36.0 Å². The number of nitrogens with one attached hydrogen (secondary N) is 1. The monoisotopic (exact) mass is 266 g/mol. The van der Waals surface area contributed by atoms with Crippen LogP contribution in [0.3, 0.4) is 0 Å². The summed E-state index contributed by atoms with van der Waals surface area (Å²) in [6.07, 6.45) is 0. The number of hydrogen-bond acceptors (Lipinski definition) is 1. The first-order valence-electron chi connectivity index (χ1n) is 5.07. The number of benzene rings is 1. The van der Waals surface area contributed by atoms with Gasteiger partial charge in [0.1, 0.15) is 0 Å². The molecule has 1 aromatic heterocycles. The van der Waals surface area contributed by atoms with Crippen molar-refractivity contribution in [1.29, 1.82) is 0 Å². The van der Waals surface area contributed by atoms with E-state index in [1.165, 1.54) is 21.1 Å². The van der Waals surface area contributed by atoms with E-state index < -0.39 is 0 Å². The third kappa shape index (κ3) is 1.60. The Morgan fingerprint density at radius 1 is 1.33 bits per heavy atom. The Hall–Kier alpha value is -0.800. The summed E-state index contributed by atoms with van der Waals surface area (Å²) in [5, 5.41) is 4.55. The maximum Gasteiger partial charge on any atom is 0.0496 e. The maximum absolute atomic E-state index is 3.68. The molecule has 0 amide bonds. The molecule has 1 atom stereocenters. The molecule has 1 aromatic carbocycles. The minimum absolute atomic E-state index is 0.344. The van der Waals surface area contributed by atoms with E-state index in [0.29, 0.717) is 6.04 Å². The van der Waals surface area contributed by atoms with Gasteiger partial charge in [0.15, 0.2) is 0 Å². The number of nitrogens with zero attached hydrogens (tertiary/aromatic N) is 1. The van der Waals surface area contributed by atoms with Crippen LogP contribution in [-0.4, -0.2) is 11.6 Å². The molecule has 3 heteroatoms. The Balaban J connectivity index is 2.75. The van der Waals surface area contributed by atoms with Gasteiger partial charge in [0.05, 0.1) is 0 Å². The molecule has 2 nitrogen and oxygen atoms in total. The van der Waals surface area contributed by atoms with E-state index in [4.69, 9.17) is 0 Å². The van der Waals surface area contributed by atoms with Crippen LogP contribution >= 0.6 is 15.9 Å². The zero-order valence-electron chi connectivity index (χ0n) is 9.21. The van der Waals surface area contributed by atoms with Crippen molar-refractivity contribution in [1.82, 2.24) is 9.88 Å². The van der Waals surface area contributed by atoms with E-state index in [0.717, 1.165) is 0 Å². The van der Waals surface area contributed by atoms with Crippen LogP contribution in [0, 0.1) is 0 Å². The van der Waals surface area contributed by atoms with Gasteiger partial charge in [0.2, 0.25) is 0 Å². The lowest BCUT2D eigenvalue weighted by atomic mass is 10.2. The molecule has 0 bridgehead atoms. The Morgan fingerprint density at radius 3 is 2.60 bits per heavy atom. The molecule has 0 spiro atoms. The van der Waals surface area contributed by atoms with Gasteiger partial charge in [-0.25, -0.2) is 0 Å².